The average molecular weight is 951 g/mol. The summed E-state index contributed by atoms with van der Waals surface area (Å²) in [6, 6.07) is 0. The zero-order valence-electron chi connectivity index (χ0n) is 37.5. The largest absolute Gasteiger partial charge is 0.472 e. The van der Waals surface area contributed by atoms with Gasteiger partial charge < -0.3 is 49.7 Å². The number of unbranched alkanes of at least 4 members (excludes halogenated alkanes) is 10. The van der Waals surface area contributed by atoms with E-state index in [2.05, 4.69) is 42.7 Å². The highest BCUT2D eigenvalue weighted by Gasteiger charge is 2.54. The predicted molar refractivity (Wildman–Crippen MR) is 242 cm³/mol. The first-order chi connectivity index (χ1) is 30.5. The number of phosphoric ester groups is 2. The van der Waals surface area contributed by atoms with Crippen LogP contribution in [-0.4, -0.2) is 114 Å². The Morgan fingerprint density at radius 1 is 0.594 bits per heavy atom. The second-order valence-corrected chi connectivity index (χ2v) is 18.2. The normalized spacial score (nSPS) is 23.0. The van der Waals surface area contributed by atoms with Gasteiger partial charge in [-0.2, -0.15) is 0 Å². The van der Waals surface area contributed by atoms with Gasteiger partial charge in [0.05, 0.1) is 12.7 Å². The molecule has 1 saturated carbocycles. The van der Waals surface area contributed by atoms with Gasteiger partial charge in [-0.05, 0) is 70.6 Å². The van der Waals surface area contributed by atoms with Gasteiger partial charge in [0.2, 0.25) is 0 Å². The highest BCUT2D eigenvalue weighted by molar-refractivity contribution is 7.47. The zero-order valence-corrected chi connectivity index (χ0v) is 39.3. The Morgan fingerprint density at radius 3 is 1.83 bits per heavy atom. The number of allylic oxidation sites excluding steroid dienone is 10. The lowest BCUT2D eigenvalue weighted by atomic mass is 9.85. The Bertz CT molecular complexity index is 1540. The molecule has 0 heterocycles. The molecule has 9 atom stereocenters. The van der Waals surface area contributed by atoms with E-state index in [-0.39, 0.29) is 12.8 Å². The third-order valence-electron chi connectivity index (χ3n) is 9.84. The van der Waals surface area contributed by atoms with Crippen molar-refractivity contribution in [3.63, 3.8) is 0 Å². The summed E-state index contributed by atoms with van der Waals surface area (Å²) in [4.78, 5) is 54.2. The van der Waals surface area contributed by atoms with Crippen LogP contribution in [0.5, 0.6) is 0 Å². The summed E-state index contributed by atoms with van der Waals surface area (Å²) in [6.45, 7) is 2.83. The summed E-state index contributed by atoms with van der Waals surface area (Å²) in [5.41, 5.74) is 0. The molecule has 17 nitrogen and oxygen atoms in total. The highest BCUT2D eigenvalue weighted by atomic mass is 31.2. The van der Waals surface area contributed by atoms with Crippen LogP contribution >= 0.6 is 15.6 Å². The average Bonchev–Trinajstić information content (AvgIpc) is 3.24. The minimum atomic E-state index is -5.38. The molecular weight excluding hydrogens is 874 g/mol. The lowest BCUT2D eigenvalue weighted by Gasteiger charge is -2.43. The fourth-order valence-electron chi connectivity index (χ4n) is 6.32. The van der Waals surface area contributed by atoms with E-state index in [9.17, 15) is 49.1 Å². The van der Waals surface area contributed by atoms with E-state index in [0.29, 0.717) is 32.1 Å². The summed E-state index contributed by atoms with van der Waals surface area (Å²) >= 11 is 0. The monoisotopic (exact) mass is 950 g/mol. The smallest absolute Gasteiger partial charge is 0.462 e. The van der Waals surface area contributed by atoms with Crippen LogP contribution in [0.15, 0.2) is 72.9 Å². The van der Waals surface area contributed by atoms with E-state index in [4.69, 9.17) is 28.3 Å². The van der Waals surface area contributed by atoms with Crippen molar-refractivity contribution in [3.8, 4) is 0 Å². The first-order valence-electron chi connectivity index (χ1n) is 22.6. The summed E-state index contributed by atoms with van der Waals surface area (Å²) in [6.07, 6.45) is 23.3. The van der Waals surface area contributed by atoms with Crippen molar-refractivity contribution in [1.82, 2.24) is 0 Å². The maximum Gasteiger partial charge on any atom is 0.472 e. The number of rotatable bonds is 36. The molecule has 0 radical (unpaired) electrons. The Labute approximate surface area is 379 Å². The highest BCUT2D eigenvalue weighted by Crippen LogP contribution is 2.49. The van der Waals surface area contributed by atoms with Crippen molar-refractivity contribution in [2.75, 3.05) is 13.2 Å². The maximum absolute atomic E-state index is 13.0. The van der Waals surface area contributed by atoms with Crippen LogP contribution in [0.2, 0.25) is 0 Å². The maximum atomic E-state index is 13.0. The lowest BCUT2D eigenvalue weighted by Crippen LogP contribution is -2.64. The molecule has 19 heteroatoms. The number of hydrogen-bond acceptors (Lipinski definition) is 14. The molecular formula is C45H76O17P2. The minimum Gasteiger partial charge on any atom is -0.462 e. The van der Waals surface area contributed by atoms with Crippen LogP contribution in [0.4, 0.5) is 0 Å². The fourth-order valence-corrected chi connectivity index (χ4v) is 7.85. The zero-order chi connectivity index (χ0) is 47.6. The summed E-state index contributed by atoms with van der Waals surface area (Å²) < 4.78 is 49.2. The van der Waals surface area contributed by atoms with Gasteiger partial charge in [0.15, 0.2) is 6.10 Å². The standard InChI is InChI=1S/C45H76O17P2/c1-3-5-7-9-11-12-13-14-15-16-20-24-28-32-38(47)58-34-37(35-59-64(56,57)62-45-42(51)40(49)41(50)44(43(45)52)61-63(53,54)55)60-39(48)33-29-25-21-18-17-19-23-27-31-36(46)30-26-22-10-8-6-4-2/h6,8,12-13,18-19,21-23,26-27,31,36-37,40-46,49-52H,3-5,7,9-11,14-17,20,24-25,28-30,32-35H2,1-2H3,(H,56,57)(H2,53,54,55)/b8-6-,13-12-,21-18-,23-19-,26-22-,31-27+/t36?,37-,40?,41?,42?,43?,44-,45+/m1/s1. The van der Waals surface area contributed by atoms with Crippen LogP contribution in [0, 0.1) is 0 Å². The first-order valence-corrected chi connectivity index (χ1v) is 25.6. The molecule has 0 spiro atoms. The third-order valence-corrected chi connectivity index (χ3v) is 11.3. The van der Waals surface area contributed by atoms with Gasteiger partial charge in [0, 0.05) is 12.8 Å². The molecule has 368 valence electrons. The second kappa shape index (κ2) is 35.6. The molecule has 1 fully saturated rings. The molecule has 8 N–H and O–H groups in total. The Kier molecular flexibility index (Phi) is 33.0. The van der Waals surface area contributed by atoms with Gasteiger partial charge in [-0.3, -0.25) is 23.2 Å². The van der Waals surface area contributed by atoms with E-state index in [1.165, 1.54) is 25.7 Å². The third kappa shape index (κ3) is 29.8. The molecule has 6 unspecified atom stereocenters. The van der Waals surface area contributed by atoms with Crippen molar-refractivity contribution in [3.05, 3.63) is 72.9 Å². The second-order valence-electron chi connectivity index (χ2n) is 15.6. The quantitative estimate of drug-likeness (QED) is 0.0103. The van der Waals surface area contributed by atoms with Crippen LogP contribution in [0.3, 0.4) is 0 Å². The topological polar surface area (TPSA) is 276 Å². The van der Waals surface area contributed by atoms with Crippen LogP contribution < -0.4 is 0 Å². The number of phosphoric acid groups is 2. The molecule has 0 aromatic heterocycles. The molecule has 0 aliphatic heterocycles. The number of carbonyl (C=O) groups is 2. The number of aliphatic hydroxyl groups excluding tert-OH is 5. The van der Waals surface area contributed by atoms with Gasteiger partial charge in [-0.25, -0.2) is 9.13 Å². The molecule has 0 saturated heterocycles. The lowest BCUT2D eigenvalue weighted by molar-refractivity contribution is -0.216. The van der Waals surface area contributed by atoms with E-state index >= 15 is 0 Å². The van der Waals surface area contributed by atoms with Gasteiger partial charge >= 0.3 is 27.6 Å². The van der Waals surface area contributed by atoms with Gasteiger partial charge in [0.25, 0.3) is 0 Å². The molecule has 64 heavy (non-hydrogen) atoms. The number of esters is 2. The van der Waals surface area contributed by atoms with Crippen LogP contribution in [-0.2, 0) is 41.8 Å². The fraction of sp³-hybridized carbons (Fsp3) is 0.689. The molecule has 1 aliphatic rings. The van der Waals surface area contributed by atoms with Crippen molar-refractivity contribution in [2.24, 2.45) is 0 Å². The first kappa shape index (κ1) is 59.4. The van der Waals surface area contributed by atoms with Crippen molar-refractivity contribution >= 4 is 27.6 Å². The Morgan fingerprint density at radius 2 is 1.16 bits per heavy atom. The van der Waals surface area contributed by atoms with Gasteiger partial charge in [-0.15, -0.1) is 0 Å². The van der Waals surface area contributed by atoms with Crippen molar-refractivity contribution in [1.29, 1.82) is 0 Å². The predicted octanol–water partition coefficient (Wildman–Crippen LogP) is 7.03. The number of aliphatic hydroxyl groups is 5. The van der Waals surface area contributed by atoms with E-state index < -0.39 is 89.6 Å². The molecule has 0 aromatic rings. The van der Waals surface area contributed by atoms with E-state index in [0.717, 1.165) is 51.4 Å². The molecule has 1 rings (SSSR count). The van der Waals surface area contributed by atoms with Gasteiger partial charge in [0.1, 0.15) is 43.2 Å². The molecule has 0 amide bonds. The number of hydrogen-bond donors (Lipinski definition) is 8. The molecule has 1 aliphatic carbocycles. The number of carbonyl (C=O) groups excluding carboxylic acids is 2. The Hall–Kier alpha value is -2.60. The minimum absolute atomic E-state index is 0.0712. The Balaban J connectivity index is 2.70. The van der Waals surface area contributed by atoms with Crippen molar-refractivity contribution < 1.29 is 82.0 Å². The van der Waals surface area contributed by atoms with E-state index in [1.807, 2.05) is 36.5 Å². The van der Waals surface area contributed by atoms with E-state index in [1.54, 1.807) is 12.2 Å². The van der Waals surface area contributed by atoms with Crippen molar-refractivity contribution in [2.45, 2.75) is 185 Å². The SMILES string of the molecule is CC/C=C\C/C=C\CC(O)/C=C/C=C\C/C=C\CCCC(=O)O[C@H](COC(=O)CCCCCCC/C=C\CCCCCC)COP(=O)(O)O[C@H]1C(O)C(O)C(O)[C@@H](OP(=O)(O)O)C1O. The number of ether oxygens (including phenoxy) is 2. The molecule has 0 aromatic carbocycles. The summed E-state index contributed by atoms with van der Waals surface area (Å²) in [5.74, 6) is -1.33. The van der Waals surface area contributed by atoms with Gasteiger partial charge in [-0.1, -0.05) is 125 Å². The summed E-state index contributed by atoms with van der Waals surface area (Å²) in [5, 5.41) is 51.2. The summed E-state index contributed by atoms with van der Waals surface area (Å²) in [7, 11) is -10.7. The molecule has 0 bridgehead atoms. The van der Waals surface area contributed by atoms with Crippen LogP contribution in [0.1, 0.15) is 136 Å². The van der Waals surface area contributed by atoms with Crippen LogP contribution in [0.25, 0.3) is 0 Å².